The summed E-state index contributed by atoms with van der Waals surface area (Å²) in [5, 5.41) is 8.20. The van der Waals surface area contributed by atoms with E-state index in [0.29, 0.717) is 11.6 Å². The van der Waals surface area contributed by atoms with Gasteiger partial charge in [-0.15, -0.1) is 0 Å². The first kappa shape index (κ1) is 15.5. The molecule has 0 saturated heterocycles. The second-order valence-corrected chi connectivity index (χ2v) is 5.54. The number of hydrogen-bond acceptors (Lipinski definition) is 3. The number of aromatic nitrogens is 2. The molecule has 0 aliphatic rings. The standard InChI is InChI=1S/C15H19ClN4O/c1-11(15(21)19(2)3)17-8-12-9-18-20(10-12)14-6-4-13(16)5-7-14/h4-7,9-11,17H,8H2,1-3H3. The third kappa shape index (κ3) is 4.06. The summed E-state index contributed by atoms with van der Waals surface area (Å²) < 4.78 is 1.78. The van der Waals surface area contributed by atoms with Crippen molar-refractivity contribution in [3.05, 3.63) is 47.2 Å². The minimum absolute atomic E-state index is 0.0556. The van der Waals surface area contributed by atoms with Crippen LogP contribution < -0.4 is 5.32 Å². The first-order chi connectivity index (χ1) is 9.97. The highest BCUT2D eigenvalue weighted by atomic mass is 35.5. The van der Waals surface area contributed by atoms with Crippen molar-refractivity contribution in [2.45, 2.75) is 19.5 Å². The van der Waals surface area contributed by atoms with E-state index in [4.69, 9.17) is 11.6 Å². The average Bonchev–Trinajstić information content (AvgIpc) is 2.93. The third-order valence-corrected chi connectivity index (χ3v) is 3.40. The molecule has 1 aromatic heterocycles. The number of rotatable bonds is 5. The number of amides is 1. The summed E-state index contributed by atoms with van der Waals surface area (Å²) in [5.41, 5.74) is 1.96. The second-order valence-electron chi connectivity index (χ2n) is 5.10. The van der Waals surface area contributed by atoms with E-state index >= 15 is 0 Å². The Labute approximate surface area is 129 Å². The highest BCUT2D eigenvalue weighted by molar-refractivity contribution is 6.30. The third-order valence-electron chi connectivity index (χ3n) is 3.15. The molecule has 21 heavy (non-hydrogen) atoms. The Kier molecular flexibility index (Phi) is 4.98. The lowest BCUT2D eigenvalue weighted by molar-refractivity contribution is -0.130. The van der Waals surface area contributed by atoms with Gasteiger partial charge in [0.1, 0.15) is 0 Å². The molecule has 1 amide bonds. The smallest absolute Gasteiger partial charge is 0.238 e. The quantitative estimate of drug-likeness (QED) is 0.920. The van der Waals surface area contributed by atoms with E-state index in [-0.39, 0.29) is 11.9 Å². The van der Waals surface area contributed by atoms with Crippen LogP contribution in [-0.2, 0) is 11.3 Å². The van der Waals surface area contributed by atoms with E-state index in [1.807, 2.05) is 37.4 Å². The highest BCUT2D eigenvalue weighted by Crippen LogP contribution is 2.13. The molecule has 2 aromatic rings. The molecule has 1 atom stereocenters. The van der Waals surface area contributed by atoms with Crippen molar-refractivity contribution in [1.82, 2.24) is 20.0 Å². The van der Waals surface area contributed by atoms with Crippen molar-refractivity contribution in [3.8, 4) is 5.69 Å². The number of benzene rings is 1. The van der Waals surface area contributed by atoms with Crippen molar-refractivity contribution in [1.29, 1.82) is 0 Å². The van der Waals surface area contributed by atoms with Crippen molar-refractivity contribution in [2.75, 3.05) is 14.1 Å². The van der Waals surface area contributed by atoms with Gasteiger partial charge in [0.15, 0.2) is 0 Å². The van der Waals surface area contributed by atoms with E-state index in [1.54, 1.807) is 29.9 Å². The molecule has 6 heteroatoms. The van der Waals surface area contributed by atoms with Gasteiger partial charge >= 0.3 is 0 Å². The summed E-state index contributed by atoms with van der Waals surface area (Å²) in [4.78, 5) is 13.3. The topological polar surface area (TPSA) is 50.2 Å². The summed E-state index contributed by atoms with van der Waals surface area (Å²) in [6.45, 7) is 2.44. The molecule has 1 heterocycles. The Bertz CT molecular complexity index is 606. The van der Waals surface area contributed by atoms with Gasteiger partial charge in [-0.2, -0.15) is 5.10 Å². The predicted octanol–water partition coefficient (Wildman–Crippen LogP) is 2.09. The molecule has 112 valence electrons. The number of nitrogens with one attached hydrogen (secondary N) is 1. The first-order valence-corrected chi connectivity index (χ1v) is 7.09. The zero-order valence-electron chi connectivity index (χ0n) is 12.4. The Morgan fingerprint density at radius 2 is 2.05 bits per heavy atom. The van der Waals surface area contributed by atoms with E-state index in [9.17, 15) is 4.79 Å². The monoisotopic (exact) mass is 306 g/mol. The number of nitrogens with zero attached hydrogens (tertiary/aromatic N) is 3. The van der Waals surface area contributed by atoms with Gasteiger partial charge in [0.25, 0.3) is 0 Å². The molecule has 0 spiro atoms. The molecule has 0 saturated carbocycles. The van der Waals surface area contributed by atoms with Gasteiger partial charge in [-0.1, -0.05) is 11.6 Å². The van der Waals surface area contributed by atoms with Gasteiger partial charge in [0, 0.05) is 37.4 Å². The van der Waals surface area contributed by atoms with Gasteiger partial charge in [0.05, 0.1) is 17.9 Å². The molecule has 5 nitrogen and oxygen atoms in total. The Morgan fingerprint density at radius 1 is 1.38 bits per heavy atom. The van der Waals surface area contributed by atoms with Crippen LogP contribution in [-0.4, -0.2) is 40.7 Å². The molecule has 0 aliphatic heterocycles. The molecule has 1 N–H and O–H groups in total. The molecule has 0 bridgehead atoms. The Hall–Kier alpha value is -1.85. The van der Waals surface area contributed by atoms with E-state index in [1.165, 1.54) is 0 Å². The van der Waals surface area contributed by atoms with Gasteiger partial charge in [-0.25, -0.2) is 4.68 Å². The van der Waals surface area contributed by atoms with Crippen LogP contribution >= 0.6 is 11.6 Å². The molecule has 1 aromatic carbocycles. The van der Waals surface area contributed by atoms with Crippen LogP contribution in [0.3, 0.4) is 0 Å². The molecular weight excluding hydrogens is 288 g/mol. The number of halogens is 1. The zero-order chi connectivity index (χ0) is 15.4. The van der Waals surface area contributed by atoms with Crippen LogP contribution in [0.25, 0.3) is 5.69 Å². The van der Waals surface area contributed by atoms with Crippen molar-refractivity contribution >= 4 is 17.5 Å². The summed E-state index contributed by atoms with van der Waals surface area (Å²) in [6, 6.07) is 7.25. The second kappa shape index (κ2) is 6.74. The fourth-order valence-corrected chi connectivity index (χ4v) is 2.06. The van der Waals surface area contributed by atoms with Crippen molar-refractivity contribution in [2.24, 2.45) is 0 Å². The van der Waals surface area contributed by atoms with Gasteiger partial charge in [0.2, 0.25) is 5.91 Å². The summed E-state index contributed by atoms with van der Waals surface area (Å²) in [6.07, 6.45) is 3.72. The average molecular weight is 307 g/mol. The van der Waals surface area contributed by atoms with Crippen LogP contribution in [0.15, 0.2) is 36.7 Å². The minimum Gasteiger partial charge on any atom is -0.347 e. The molecular formula is C15H19ClN4O. The van der Waals surface area contributed by atoms with Gasteiger partial charge in [-0.05, 0) is 31.2 Å². The van der Waals surface area contributed by atoms with Crippen LogP contribution in [0.4, 0.5) is 0 Å². The van der Waals surface area contributed by atoms with Crippen molar-refractivity contribution < 1.29 is 4.79 Å². The number of likely N-dealkylation sites (N-methyl/N-ethyl adjacent to an activating group) is 1. The van der Waals surface area contributed by atoms with Crippen LogP contribution in [0.1, 0.15) is 12.5 Å². The van der Waals surface area contributed by atoms with E-state index < -0.39 is 0 Å². The summed E-state index contributed by atoms with van der Waals surface area (Å²) in [5.74, 6) is 0.0556. The lowest BCUT2D eigenvalue weighted by atomic mass is 10.2. The van der Waals surface area contributed by atoms with E-state index in [0.717, 1.165) is 11.3 Å². The summed E-state index contributed by atoms with van der Waals surface area (Å²) in [7, 11) is 3.50. The molecule has 0 radical (unpaired) electrons. The van der Waals surface area contributed by atoms with Crippen LogP contribution in [0, 0.1) is 0 Å². The van der Waals surface area contributed by atoms with Crippen LogP contribution in [0.5, 0.6) is 0 Å². The van der Waals surface area contributed by atoms with Crippen LogP contribution in [0.2, 0.25) is 5.02 Å². The molecule has 2 rings (SSSR count). The maximum Gasteiger partial charge on any atom is 0.238 e. The predicted molar refractivity (Wildman–Crippen MR) is 83.6 cm³/mol. The summed E-state index contributed by atoms with van der Waals surface area (Å²) >= 11 is 5.87. The fraction of sp³-hybridized carbons (Fsp3) is 0.333. The Balaban J connectivity index is 1.97. The number of carbonyl (C=O) groups excluding carboxylic acids is 1. The molecule has 0 aliphatic carbocycles. The fourth-order valence-electron chi connectivity index (χ4n) is 1.93. The maximum absolute atomic E-state index is 11.8. The highest BCUT2D eigenvalue weighted by Gasteiger charge is 2.14. The SMILES string of the molecule is CC(NCc1cnn(-c2ccc(Cl)cc2)c1)C(=O)N(C)C. The zero-order valence-corrected chi connectivity index (χ0v) is 13.1. The molecule has 0 fully saturated rings. The first-order valence-electron chi connectivity index (χ1n) is 6.71. The largest absolute Gasteiger partial charge is 0.347 e. The molecule has 1 unspecified atom stereocenters. The number of hydrogen-bond donors (Lipinski definition) is 1. The maximum atomic E-state index is 11.8. The minimum atomic E-state index is -0.223. The lowest BCUT2D eigenvalue weighted by Gasteiger charge is -2.17. The lowest BCUT2D eigenvalue weighted by Crippen LogP contribution is -2.41. The Morgan fingerprint density at radius 3 is 2.67 bits per heavy atom. The van der Waals surface area contributed by atoms with Crippen molar-refractivity contribution in [3.63, 3.8) is 0 Å². The van der Waals surface area contributed by atoms with Gasteiger partial charge in [-0.3, -0.25) is 4.79 Å². The number of carbonyl (C=O) groups is 1. The van der Waals surface area contributed by atoms with Gasteiger partial charge < -0.3 is 10.2 Å². The normalized spacial score (nSPS) is 12.2. The van der Waals surface area contributed by atoms with E-state index in [2.05, 4.69) is 10.4 Å².